The number of hydrogen-bond acceptors (Lipinski definition) is 3. The predicted octanol–water partition coefficient (Wildman–Crippen LogP) is 2.11. The Morgan fingerprint density at radius 2 is 2.00 bits per heavy atom. The van der Waals surface area contributed by atoms with Crippen LogP contribution in [0.4, 0.5) is 5.69 Å². The summed E-state index contributed by atoms with van der Waals surface area (Å²) in [5.74, 6) is -0.0963. The van der Waals surface area contributed by atoms with Crippen molar-refractivity contribution in [1.29, 1.82) is 0 Å². The lowest BCUT2D eigenvalue weighted by molar-refractivity contribution is 0.0952. The van der Waals surface area contributed by atoms with E-state index in [4.69, 9.17) is 5.73 Å². The highest BCUT2D eigenvalue weighted by Gasteiger charge is 2.08. The summed E-state index contributed by atoms with van der Waals surface area (Å²) in [5, 5.41) is 15.3. The number of rotatable bonds is 6. The second kappa shape index (κ2) is 8.57. The molecule has 0 aliphatic heterocycles. The van der Waals surface area contributed by atoms with E-state index < -0.39 is 0 Å². The van der Waals surface area contributed by atoms with Gasteiger partial charge >= 0.3 is 0 Å². The quantitative estimate of drug-likeness (QED) is 0.371. The van der Waals surface area contributed by atoms with Crippen LogP contribution in [0.1, 0.15) is 22.8 Å². The van der Waals surface area contributed by atoms with Gasteiger partial charge < -0.3 is 21.5 Å². The summed E-state index contributed by atoms with van der Waals surface area (Å²) in [6.45, 7) is 2.75. The summed E-state index contributed by atoms with van der Waals surface area (Å²) in [6.07, 6.45) is 0.949. The molecule has 0 spiro atoms. The number of phenolic OH excluding ortho intramolecular Hbond substituents is 1. The number of aryl methyl sites for hydroxylation is 1. The van der Waals surface area contributed by atoms with Gasteiger partial charge in [-0.05, 0) is 36.2 Å². The number of hydrogen-bond donors (Lipinski definition) is 4. The zero-order valence-corrected chi connectivity index (χ0v) is 13.6. The van der Waals surface area contributed by atoms with E-state index in [2.05, 4.69) is 22.5 Å². The SMILES string of the molecule is CCc1cccc(NC(N)=NCCNC(=O)c2ccccc2O)c1. The lowest BCUT2D eigenvalue weighted by atomic mass is 10.1. The maximum Gasteiger partial charge on any atom is 0.255 e. The van der Waals surface area contributed by atoms with Crippen molar-refractivity contribution in [2.24, 2.45) is 10.7 Å². The zero-order chi connectivity index (χ0) is 17.4. The second-order valence-corrected chi connectivity index (χ2v) is 5.22. The lowest BCUT2D eigenvalue weighted by Crippen LogP contribution is -2.28. The van der Waals surface area contributed by atoms with Crippen molar-refractivity contribution in [3.05, 3.63) is 59.7 Å². The highest BCUT2D eigenvalue weighted by molar-refractivity contribution is 5.96. The van der Waals surface area contributed by atoms with Crippen LogP contribution in [0, 0.1) is 0 Å². The Balaban J connectivity index is 1.81. The van der Waals surface area contributed by atoms with Crippen LogP contribution in [0.5, 0.6) is 5.75 Å². The molecule has 126 valence electrons. The van der Waals surface area contributed by atoms with Crippen molar-refractivity contribution in [3.8, 4) is 5.75 Å². The molecule has 2 rings (SSSR count). The number of nitrogens with zero attached hydrogens (tertiary/aromatic N) is 1. The van der Waals surface area contributed by atoms with Gasteiger partial charge in [-0.2, -0.15) is 0 Å². The minimum atomic E-state index is -0.342. The molecule has 24 heavy (non-hydrogen) atoms. The minimum absolute atomic E-state index is 0.0458. The number of nitrogens with one attached hydrogen (secondary N) is 2. The Bertz CT molecular complexity index is 728. The number of aliphatic imine (C=N–C) groups is 1. The zero-order valence-electron chi connectivity index (χ0n) is 13.6. The molecule has 0 radical (unpaired) electrons. The van der Waals surface area contributed by atoms with Gasteiger partial charge in [0.15, 0.2) is 5.96 Å². The van der Waals surface area contributed by atoms with Crippen LogP contribution in [0.2, 0.25) is 0 Å². The van der Waals surface area contributed by atoms with Crippen molar-refractivity contribution in [2.45, 2.75) is 13.3 Å². The first-order valence-corrected chi connectivity index (χ1v) is 7.82. The van der Waals surface area contributed by atoms with Crippen LogP contribution in [-0.2, 0) is 6.42 Å². The van der Waals surface area contributed by atoms with Gasteiger partial charge in [0.1, 0.15) is 5.75 Å². The summed E-state index contributed by atoms with van der Waals surface area (Å²) in [4.78, 5) is 16.1. The molecule has 0 aliphatic rings. The number of benzene rings is 2. The molecular weight excluding hydrogens is 304 g/mol. The third-order valence-electron chi connectivity index (χ3n) is 3.44. The van der Waals surface area contributed by atoms with Gasteiger partial charge in [-0.3, -0.25) is 9.79 Å². The van der Waals surface area contributed by atoms with E-state index in [1.165, 1.54) is 11.6 Å². The fraction of sp³-hybridized carbons (Fsp3) is 0.222. The maximum atomic E-state index is 11.9. The molecule has 0 aliphatic carbocycles. The number of para-hydroxylation sites is 1. The monoisotopic (exact) mass is 326 g/mol. The van der Waals surface area contributed by atoms with E-state index in [0.29, 0.717) is 19.0 Å². The molecule has 5 N–H and O–H groups in total. The van der Waals surface area contributed by atoms with E-state index in [1.807, 2.05) is 24.3 Å². The minimum Gasteiger partial charge on any atom is -0.507 e. The van der Waals surface area contributed by atoms with Crippen LogP contribution in [0.25, 0.3) is 0 Å². The Labute approximate surface area is 141 Å². The number of carbonyl (C=O) groups excluding carboxylic acids is 1. The van der Waals surface area contributed by atoms with Crippen molar-refractivity contribution in [1.82, 2.24) is 5.32 Å². The molecule has 0 saturated heterocycles. The fourth-order valence-corrected chi connectivity index (χ4v) is 2.16. The first kappa shape index (κ1) is 17.3. The number of aromatic hydroxyl groups is 1. The van der Waals surface area contributed by atoms with Crippen LogP contribution >= 0.6 is 0 Å². The van der Waals surface area contributed by atoms with Gasteiger partial charge in [-0.25, -0.2) is 0 Å². The second-order valence-electron chi connectivity index (χ2n) is 5.22. The number of nitrogens with two attached hydrogens (primary N) is 1. The molecule has 0 bridgehead atoms. The molecule has 0 atom stereocenters. The van der Waals surface area contributed by atoms with Crippen LogP contribution in [-0.4, -0.2) is 30.1 Å². The fourth-order valence-electron chi connectivity index (χ4n) is 2.16. The normalized spacial score (nSPS) is 11.1. The van der Waals surface area contributed by atoms with Crippen LogP contribution in [0.3, 0.4) is 0 Å². The van der Waals surface area contributed by atoms with E-state index in [9.17, 15) is 9.90 Å². The standard InChI is InChI=1S/C18H22N4O2/c1-2-13-6-5-7-14(12-13)22-18(19)21-11-10-20-17(24)15-8-3-4-9-16(15)23/h3-9,12,23H,2,10-11H2,1H3,(H,20,24)(H3,19,21,22). The number of carbonyl (C=O) groups is 1. The van der Waals surface area contributed by atoms with Gasteiger partial charge in [-0.15, -0.1) is 0 Å². The van der Waals surface area contributed by atoms with Gasteiger partial charge in [0.05, 0.1) is 12.1 Å². The molecule has 0 saturated carbocycles. The Hall–Kier alpha value is -3.02. The number of phenols is 1. The Kier molecular flexibility index (Phi) is 6.19. The number of guanidine groups is 1. The largest absolute Gasteiger partial charge is 0.507 e. The van der Waals surface area contributed by atoms with Crippen molar-refractivity contribution in [3.63, 3.8) is 0 Å². The summed E-state index contributed by atoms with van der Waals surface area (Å²) in [6, 6.07) is 14.3. The summed E-state index contributed by atoms with van der Waals surface area (Å²) < 4.78 is 0. The number of amides is 1. The predicted molar refractivity (Wildman–Crippen MR) is 96.4 cm³/mol. The number of anilines is 1. The summed E-state index contributed by atoms with van der Waals surface area (Å²) >= 11 is 0. The molecule has 0 heterocycles. The molecule has 0 unspecified atom stereocenters. The Morgan fingerprint density at radius 1 is 1.21 bits per heavy atom. The highest BCUT2D eigenvalue weighted by Crippen LogP contribution is 2.14. The molecule has 2 aromatic carbocycles. The molecule has 0 aromatic heterocycles. The molecule has 1 amide bonds. The van der Waals surface area contributed by atoms with E-state index in [-0.39, 0.29) is 17.2 Å². The van der Waals surface area contributed by atoms with Crippen molar-refractivity contribution < 1.29 is 9.90 Å². The van der Waals surface area contributed by atoms with E-state index in [0.717, 1.165) is 12.1 Å². The topological polar surface area (TPSA) is 99.7 Å². The van der Waals surface area contributed by atoms with Gasteiger partial charge in [-0.1, -0.05) is 31.2 Å². The van der Waals surface area contributed by atoms with Crippen molar-refractivity contribution in [2.75, 3.05) is 18.4 Å². The summed E-state index contributed by atoms with van der Waals surface area (Å²) in [5.41, 5.74) is 8.17. The molecule has 6 nitrogen and oxygen atoms in total. The van der Waals surface area contributed by atoms with Crippen LogP contribution < -0.4 is 16.4 Å². The Morgan fingerprint density at radius 3 is 2.75 bits per heavy atom. The third-order valence-corrected chi connectivity index (χ3v) is 3.44. The molecular formula is C18H22N4O2. The smallest absolute Gasteiger partial charge is 0.255 e. The van der Waals surface area contributed by atoms with Crippen LogP contribution in [0.15, 0.2) is 53.5 Å². The third kappa shape index (κ3) is 5.01. The first-order chi connectivity index (χ1) is 11.6. The lowest BCUT2D eigenvalue weighted by Gasteiger charge is -2.08. The maximum absolute atomic E-state index is 11.9. The van der Waals surface area contributed by atoms with E-state index >= 15 is 0 Å². The summed E-state index contributed by atoms with van der Waals surface area (Å²) in [7, 11) is 0. The van der Waals surface area contributed by atoms with Gasteiger partial charge in [0, 0.05) is 12.2 Å². The van der Waals surface area contributed by atoms with E-state index in [1.54, 1.807) is 18.2 Å². The van der Waals surface area contributed by atoms with Crippen molar-refractivity contribution >= 4 is 17.6 Å². The molecule has 2 aromatic rings. The van der Waals surface area contributed by atoms with Gasteiger partial charge in [0.2, 0.25) is 0 Å². The molecule has 0 fully saturated rings. The average molecular weight is 326 g/mol. The molecule has 6 heteroatoms. The average Bonchev–Trinajstić information content (AvgIpc) is 2.59. The highest BCUT2D eigenvalue weighted by atomic mass is 16.3. The first-order valence-electron chi connectivity index (χ1n) is 7.82. The van der Waals surface area contributed by atoms with Gasteiger partial charge in [0.25, 0.3) is 5.91 Å².